The third kappa shape index (κ3) is 4.84. The van der Waals surface area contributed by atoms with E-state index < -0.39 is 75.6 Å². The molecule has 1 aromatic rings. The third-order valence-corrected chi connectivity index (χ3v) is 8.43. The summed E-state index contributed by atoms with van der Waals surface area (Å²) in [7, 11) is 6.54. The van der Waals surface area contributed by atoms with Crippen LogP contribution in [0.4, 0.5) is 11.4 Å². The second kappa shape index (κ2) is 10.5. The number of phenolic OH excluding ortho intramolecular Hbond substituents is 1. The second-order valence-corrected chi connectivity index (χ2v) is 12.8. The second-order valence-electron chi connectivity index (χ2n) is 12.8. The number of aliphatic hydroxyl groups is 2. The van der Waals surface area contributed by atoms with Crippen LogP contribution in [0.15, 0.2) is 17.4 Å². The number of anilines is 2. The number of ketones is 3. The minimum Gasteiger partial charge on any atom is -0.508 e. The lowest BCUT2D eigenvalue weighted by Crippen LogP contribution is -2.68. The highest BCUT2D eigenvalue weighted by molar-refractivity contribution is 6.25. The lowest BCUT2D eigenvalue weighted by molar-refractivity contribution is -0.163. The minimum absolute atomic E-state index is 0.0205. The van der Waals surface area contributed by atoms with E-state index in [4.69, 9.17) is 5.73 Å². The zero-order valence-electron chi connectivity index (χ0n) is 24.9. The van der Waals surface area contributed by atoms with Gasteiger partial charge in [0.05, 0.1) is 29.8 Å². The zero-order valence-corrected chi connectivity index (χ0v) is 24.9. The van der Waals surface area contributed by atoms with E-state index in [1.807, 2.05) is 20.8 Å². The third-order valence-electron chi connectivity index (χ3n) is 8.43. The van der Waals surface area contributed by atoms with Crippen LogP contribution in [0.1, 0.15) is 43.1 Å². The number of aliphatic hydroxyl groups excluding tert-OH is 1. The van der Waals surface area contributed by atoms with E-state index in [0.29, 0.717) is 11.3 Å². The number of primary amides is 1. The van der Waals surface area contributed by atoms with Gasteiger partial charge in [-0.1, -0.05) is 0 Å². The van der Waals surface area contributed by atoms with Crippen molar-refractivity contribution >= 4 is 40.5 Å². The maximum atomic E-state index is 14.1. The predicted molar refractivity (Wildman–Crippen MR) is 153 cm³/mol. The monoisotopic (exact) mass is 585 g/mol. The molecule has 0 saturated heterocycles. The highest BCUT2D eigenvalue weighted by atomic mass is 16.3. The average Bonchev–Trinajstić information content (AvgIpc) is 2.85. The van der Waals surface area contributed by atoms with Gasteiger partial charge in [-0.2, -0.15) is 0 Å². The van der Waals surface area contributed by atoms with E-state index in [0.717, 1.165) is 0 Å². The summed E-state index contributed by atoms with van der Waals surface area (Å²) in [6.07, 6.45) is 0.111. The number of fused-ring (bicyclic) bond motifs is 3. The number of carbonyl (C=O) groups excluding carboxylic acids is 5. The number of amides is 2. The van der Waals surface area contributed by atoms with E-state index in [2.05, 4.69) is 10.6 Å². The van der Waals surface area contributed by atoms with Crippen molar-refractivity contribution in [3.63, 3.8) is 0 Å². The summed E-state index contributed by atoms with van der Waals surface area (Å²) in [6.45, 7) is 5.59. The number of hydrogen-bond acceptors (Lipinski definition) is 11. The Hall–Kier alpha value is -3.81. The molecule has 228 valence electrons. The van der Waals surface area contributed by atoms with Crippen LogP contribution in [0.25, 0.3) is 0 Å². The largest absolute Gasteiger partial charge is 0.508 e. The molecular weight excluding hydrogens is 546 g/mol. The molecule has 13 nitrogen and oxygen atoms in total. The van der Waals surface area contributed by atoms with Crippen molar-refractivity contribution in [3.05, 3.63) is 28.5 Å². The highest BCUT2D eigenvalue weighted by Crippen LogP contribution is 2.53. The Bertz CT molecular complexity index is 1430. The Morgan fingerprint density at radius 2 is 1.71 bits per heavy atom. The number of likely N-dealkylation sites (N-methyl/N-ethyl adjacent to an activating group) is 1. The summed E-state index contributed by atoms with van der Waals surface area (Å²) in [6, 6.07) is 0.383. The summed E-state index contributed by atoms with van der Waals surface area (Å²) in [5.41, 5.74) is 2.19. The van der Waals surface area contributed by atoms with Gasteiger partial charge >= 0.3 is 0 Å². The molecule has 1 unspecified atom stereocenters. The number of benzene rings is 1. The molecule has 0 aromatic heterocycles. The fraction of sp³-hybridized carbons (Fsp3) is 0.552. The molecule has 0 spiro atoms. The van der Waals surface area contributed by atoms with Crippen LogP contribution in [-0.4, -0.2) is 101 Å². The van der Waals surface area contributed by atoms with Crippen LogP contribution in [-0.2, 0) is 25.6 Å². The standard InChI is InChI=1S/C29H39N5O8/c1-28(2,3)31-11-17(35)32-15-10-16(33(4)5)13-8-12-9-14-21(34(6)7)24(38)20(27(30)41)26(40)29(14,42)25(39)18(12)23(37)19(13)22(15)36/h10,12,14,18,21,31,36,40,42H,8-9,11H2,1-7H3,(H2,30,41)(H,32,35)/t12-,14-,18?,21-,29-/m0/s1. The van der Waals surface area contributed by atoms with Crippen LogP contribution >= 0.6 is 0 Å². The molecule has 42 heavy (non-hydrogen) atoms. The number of Topliss-reactive ketones (excluding diaryl/α,β-unsaturated/α-hetero) is 3. The number of rotatable bonds is 6. The van der Waals surface area contributed by atoms with E-state index in [1.165, 1.54) is 19.0 Å². The Morgan fingerprint density at radius 3 is 2.24 bits per heavy atom. The number of carbonyl (C=O) groups is 5. The van der Waals surface area contributed by atoms with Crippen LogP contribution in [0.5, 0.6) is 5.75 Å². The number of nitrogens with one attached hydrogen (secondary N) is 2. The van der Waals surface area contributed by atoms with Gasteiger partial charge in [0.2, 0.25) is 5.91 Å². The van der Waals surface area contributed by atoms with Gasteiger partial charge < -0.3 is 36.6 Å². The maximum Gasteiger partial charge on any atom is 0.255 e. The first-order valence-corrected chi connectivity index (χ1v) is 13.7. The molecule has 2 amide bonds. The van der Waals surface area contributed by atoms with Crippen molar-refractivity contribution in [2.75, 3.05) is 45.0 Å². The van der Waals surface area contributed by atoms with Gasteiger partial charge in [0.1, 0.15) is 17.1 Å². The Balaban J connectivity index is 1.83. The Kier molecular flexibility index (Phi) is 7.76. The molecule has 13 heteroatoms. The van der Waals surface area contributed by atoms with Crippen molar-refractivity contribution < 1.29 is 39.3 Å². The van der Waals surface area contributed by atoms with Gasteiger partial charge in [-0.25, -0.2) is 0 Å². The van der Waals surface area contributed by atoms with Gasteiger partial charge in [-0.05, 0) is 65.3 Å². The molecule has 4 rings (SSSR count). The van der Waals surface area contributed by atoms with Crippen LogP contribution in [0, 0.1) is 17.8 Å². The van der Waals surface area contributed by atoms with Crippen molar-refractivity contribution in [2.24, 2.45) is 23.5 Å². The summed E-state index contributed by atoms with van der Waals surface area (Å²) >= 11 is 0. The smallest absolute Gasteiger partial charge is 0.255 e. The summed E-state index contributed by atoms with van der Waals surface area (Å²) in [5.74, 6) is -9.50. The lowest BCUT2D eigenvalue weighted by Gasteiger charge is -2.52. The fourth-order valence-electron chi connectivity index (χ4n) is 6.54. The van der Waals surface area contributed by atoms with Crippen LogP contribution < -0.4 is 21.3 Å². The van der Waals surface area contributed by atoms with E-state index in [9.17, 15) is 39.3 Å². The zero-order chi connectivity index (χ0) is 31.6. The Morgan fingerprint density at radius 1 is 1.10 bits per heavy atom. The average molecular weight is 586 g/mol. The van der Waals surface area contributed by atoms with Crippen molar-refractivity contribution in [1.29, 1.82) is 0 Å². The van der Waals surface area contributed by atoms with Gasteiger partial charge in [-0.15, -0.1) is 0 Å². The predicted octanol–water partition coefficient (Wildman–Crippen LogP) is -0.114. The van der Waals surface area contributed by atoms with Gasteiger partial charge in [0.15, 0.2) is 23.0 Å². The maximum absolute atomic E-state index is 14.1. The number of hydrogen-bond donors (Lipinski definition) is 6. The quantitative estimate of drug-likeness (QED) is 0.148. The lowest BCUT2D eigenvalue weighted by atomic mass is 9.54. The molecule has 7 N–H and O–H groups in total. The normalized spacial score (nSPS) is 27.4. The molecule has 0 aliphatic heterocycles. The number of nitrogens with two attached hydrogens (primary N) is 1. The summed E-state index contributed by atoms with van der Waals surface area (Å²) < 4.78 is 0. The molecule has 1 fully saturated rings. The molecule has 0 bridgehead atoms. The number of phenols is 1. The molecule has 1 saturated carbocycles. The summed E-state index contributed by atoms with van der Waals surface area (Å²) in [5, 5.41) is 39.7. The molecule has 1 aromatic carbocycles. The molecular formula is C29H39N5O8. The van der Waals surface area contributed by atoms with Crippen molar-refractivity contribution in [2.45, 2.75) is 50.8 Å². The summed E-state index contributed by atoms with van der Waals surface area (Å²) in [4.78, 5) is 69.3. The minimum atomic E-state index is -2.73. The van der Waals surface area contributed by atoms with Crippen molar-refractivity contribution in [3.8, 4) is 5.75 Å². The first-order chi connectivity index (χ1) is 19.3. The van der Waals surface area contributed by atoms with Crippen molar-refractivity contribution in [1.82, 2.24) is 10.2 Å². The van der Waals surface area contributed by atoms with Gasteiger partial charge in [0, 0.05) is 31.2 Å². The van der Waals surface area contributed by atoms with E-state index in [1.54, 1.807) is 25.1 Å². The fourth-order valence-corrected chi connectivity index (χ4v) is 6.54. The van der Waals surface area contributed by atoms with Crippen LogP contribution in [0.2, 0.25) is 0 Å². The first kappa shape index (κ1) is 31.1. The highest BCUT2D eigenvalue weighted by Gasteiger charge is 2.66. The van der Waals surface area contributed by atoms with Gasteiger partial charge in [0.25, 0.3) is 5.91 Å². The van der Waals surface area contributed by atoms with Crippen LogP contribution in [0.3, 0.4) is 0 Å². The number of aromatic hydroxyl groups is 1. The van der Waals surface area contributed by atoms with E-state index >= 15 is 0 Å². The Labute approximate surface area is 243 Å². The molecule has 0 radical (unpaired) electrons. The molecule has 5 atom stereocenters. The number of nitrogens with zero attached hydrogens (tertiary/aromatic N) is 2. The molecule has 0 heterocycles. The topological polar surface area (TPSA) is 203 Å². The SMILES string of the molecule is CN(C)c1cc(NC(=O)CNC(C)(C)C)c(O)c2c1C[C@H]1C[C@H]3[C@H](N(C)C)C(=O)C(C(N)=O)=C(O)[C@@]3(O)C(=O)C1C2=O. The first-order valence-electron chi connectivity index (χ1n) is 13.7. The molecule has 3 aliphatic rings. The molecule has 3 aliphatic carbocycles. The van der Waals surface area contributed by atoms with Gasteiger partial charge in [-0.3, -0.25) is 28.9 Å². The van der Waals surface area contributed by atoms with E-state index in [-0.39, 0.29) is 36.2 Å².